The van der Waals surface area contributed by atoms with E-state index in [0.717, 1.165) is 11.1 Å². The Kier molecular flexibility index (Phi) is 4.78. The van der Waals surface area contributed by atoms with Gasteiger partial charge >= 0.3 is 0 Å². The van der Waals surface area contributed by atoms with Gasteiger partial charge in [0.2, 0.25) is 16.8 Å². The highest BCUT2D eigenvalue weighted by molar-refractivity contribution is 7.90. The maximum atomic E-state index is 13.8. The molecule has 1 aliphatic carbocycles. The summed E-state index contributed by atoms with van der Waals surface area (Å²) < 4.78 is 39.1. The molecular formula is C20H26N2O4S. The highest BCUT2D eigenvalue weighted by Gasteiger charge is 2.50. The zero-order chi connectivity index (χ0) is 19.1. The number of allylic oxidation sites excluding steroid dienone is 3. The molecule has 1 unspecified atom stereocenters. The minimum atomic E-state index is -3.54. The normalized spacial score (nSPS) is 26.7. The average molecular weight is 391 g/mol. The van der Waals surface area contributed by atoms with Crippen LogP contribution in [0.15, 0.2) is 42.0 Å². The van der Waals surface area contributed by atoms with Crippen molar-refractivity contribution in [2.45, 2.75) is 30.9 Å². The maximum absolute atomic E-state index is 13.8. The topological polar surface area (TPSA) is 67.9 Å². The summed E-state index contributed by atoms with van der Waals surface area (Å²) in [5, 5.41) is 3.23. The van der Waals surface area contributed by atoms with Crippen molar-refractivity contribution in [3.05, 3.63) is 47.6 Å². The van der Waals surface area contributed by atoms with Crippen molar-refractivity contribution in [3.63, 3.8) is 0 Å². The molecule has 7 heteroatoms. The zero-order valence-electron chi connectivity index (χ0n) is 15.8. The van der Waals surface area contributed by atoms with Crippen LogP contribution in [0.2, 0.25) is 0 Å². The number of nitrogens with one attached hydrogen (secondary N) is 1. The Hall–Kier alpha value is -1.83. The molecule has 3 aliphatic rings. The third-order valence-electron chi connectivity index (χ3n) is 5.90. The van der Waals surface area contributed by atoms with E-state index in [-0.39, 0.29) is 12.7 Å². The predicted octanol–water partition coefficient (Wildman–Crippen LogP) is 2.40. The van der Waals surface area contributed by atoms with Crippen LogP contribution in [0.3, 0.4) is 0 Å². The van der Waals surface area contributed by atoms with Gasteiger partial charge in [-0.15, -0.1) is 0 Å². The molecule has 6 nitrogen and oxygen atoms in total. The molecule has 1 fully saturated rings. The number of nitrogens with zero attached hydrogens (tertiary/aromatic N) is 1. The Labute approximate surface area is 160 Å². The summed E-state index contributed by atoms with van der Waals surface area (Å²) in [5.74, 6) is 1.16. The third kappa shape index (κ3) is 3.07. The molecule has 1 saturated heterocycles. The third-order valence-corrected chi connectivity index (χ3v) is 8.56. The summed E-state index contributed by atoms with van der Waals surface area (Å²) in [4.78, 5) is 0. The fourth-order valence-corrected chi connectivity index (χ4v) is 6.32. The predicted molar refractivity (Wildman–Crippen MR) is 105 cm³/mol. The first-order valence-electron chi connectivity index (χ1n) is 9.40. The van der Waals surface area contributed by atoms with E-state index < -0.39 is 14.8 Å². The second-order valence-electron chi connectivity index (χ2n) is 7.43. The van der Waals surface area contributed by atoms with Crippen molar-refractivity contribution in [3.8, 4) is 11.5 Å². The van der Waals surface area contributed by atoms with Crippen LogP contribution < -0.4 is 14.8 Å². The minimum absolute atomic E-state index is 0.208. The molecule has 0 amide bonds. The van der Waals surface area contributed by atoms with Gasteiger partial charge in [0.15, 0.2) is 11.5 Å². The van der Waals surface area contributed by atoms with Crippen molar-refractivity contribution in [1.82, 2.24) is 9.62 Å². The molecule has 0 bridgehead atoms. The van der Waals surface area contributed by atoms with E-state index in [1.165, 1.54) is 0 Å². The molecule has 2 atom stereocenters. The molecule has 1 N–H and O–H groups in total. The first-order valence-corrected chi connectivity index (χ1v) is 10.8. The summed E-state index contributed by atoms with van der Waals surface area (Å²) in [5.41, 5.74) is 2.04. The number of piperazine rings is 1. The van der Waals surface area contributed by atoms with Gasteiger partial charge in [-0.25, -0.2) is 8.42 Å². The summed E-state index contributed by atoms with van der Waals surface area (Å²) in [6.45, 7) is 6.60. The number of ether oxygens (including phenoxy) is 2. The van der Waals surface area contributed by atoms with E-state index in [4.69, 9.17) is 9.47 Å². The van der Waals surface area contributed by atoms with E-state index in [9.17, 15) is 8.42 Å². The molecule has 0 aromatic heterocycles. The summed E-state index contributed by atoms with van der Waals surface area (Å²) in [6.07, 6.45) is 6.34. The lowest BCUT2D eigenvalue weighted by Crippen LogP contribution is -2.55. The molecule has 0 saturated carbocycles. The number of hydrogen-bond acceptors (Lipinski definition) is 5. The van der Waals surface area contributed by atoms with Crippen molar-refractivity contribution in [2.75, 3.05) is 33.0 Å². The number of benzene rings is 1. The van der Waals surface area contributed by atoms with Crippen LogP contribution in [0, 0.1) is 0 Å². The fraction of sp³-hybridized carbons (Fsp3) is 0.500. The first kappa shape index (κ1) is 18.5. The summed E-state index contributed by atoms with van der Waals surface area (Å²) in [6, 6.07) is 5.74. The lowest BCUT2D eigenvalue weighted by Gasteiger charge is -2.42. The summed E-state index contributed by atoms with van der Waals surface area (Å²) >= 11 is 0. The van der Waals surface area contributed by atoms with Crippen LogP contribution in [0.25, 0.3) is 0 Å². The molecule has 27 heavy (non-hydrogen) atoms. The second-order valence-corrected chi connectivity index (χ2v) is 9.66. The van der Waals surface area contributed by atoms with Gasteiger partial charge < -0.3 is 14.8 Å². The Morgan fingerprint density at radius 2 is 1.93 bits per heavy atom. The van der Waals surface area contributed by atoms with Gasteiger partial charge in [-0.05, 0) is 31.0 Å². The van der Waals surface area contributed by atoms with Crippen molar-refractivity contribution >= 4 is 10.0 Å². The van der Waals surface area contributed by atoms with Crippen LogP contribution in [0.5, 0.6) is 11.5 Å². The smallest absolute Gasteiger partial charge is 0.231 e. The van der Waals surface area contributed by atoms with Crippen LogP contribution >= 0.6 is 0 Å². The van der Waals surface area contributed by atoms with E-state index in [1.54, 1.807) is 4.31 Å². The second kappa shape index (κ2) is 6.96. The zero-order valence-corrected chi connectivity index (χ0v) is 16.6. The quantitative estimate of drug-likeness (QED) is 0.855. The minimum Gasteiger partial charge on any atom is -0.454 e. The Balaban J connectivity index is 1.76. The molecule has 0 radical (unpaired) electrons. The van der Waals surface area contributed by atoms with Crippen LogP contribution in [-0.2, 0) is 10.0 Å². The molecule has 146 valence electrons. The van der Waals surface area contributed by atoms with Crippen LogP contribution in [0.1, 0.15) is 31.7 Å². The Bertz CT molecular complexity index is 887. The van der Waals surface area contributed by atoms with Gasteiger partial charge in [0, 0.05) is 32.1 Å². The molecule has 2 aliphatic heterocycles. The van der Waals surface area contributed by atoms with Crippen molar-refractivity contribution < 1.29 is 17.9 Å². The van der Waals surface area contributed by atoms with Gasteiger partial charge in [-0.2, -0.15) is 4.31 Å². The standard InChI is InChI=1S/C20H26N2O4S/c1-15-5-7-20(8-6-15,27(23,24)22-11-9-21-10-12-22)16(2)17-3-4-18-19(13-17)26-14-25-18/h3-7,13,16,21H,8-12,14H2,1-2H3/t16?,20-/m0/s1. The van der Waals surface area contributed by atoms with E-state index in [0.29, 0.717) is 44.1 Å². The van der Waals surface area contributed by atoms with Gasteiger partial charge in [-0.1, -0.05) is 36.8 Å². The lowest BCUT2D eigenvalue weighted by molar-refractivity contribution is 0.174. The molecule has 2 heterocycles. The van der Waals surface area contributed by atoms with Crippen LogP contribution in [0.4, 0.5) is 0 Å². The number of sulfonamides is 1. The SMILES string of the molecule is CC1=CC[C@@](C(C)c2ccc3c(c2)OCO3)(S(=O)(=O)N2CCNCC2)C=C1. The number of fused-ring (bicyclic) bond motifs is 1. The summed E-state index contributed by atoms with van der Waals surface area (Å²) in [7, 11) is -3.54. The van der Waals surface area contributed by atoms with Gasteiger partial charge in [0.05, 0.1) is 0 Å². The molecule has 1 aromatic rings. The number of rotatable bonds is 4. The van der Waals surface area contributed by atoms with Crippen molar-refractivity contribution in [1.29, 1.82) is 0 Å². The van der Waals surface area contributed by atoms with Crippen molar-refractivity contribution in [2.24, 2.45) is 0 Å². The molecule has 0 spiro atoms. The lowest BCUT2D eigenvalue weighted by atomic mass is 9.81. The van der Waals surface area contributed by atoms with Crippen LogP contribution in [-0.4, -0.2) is 50.4 Å². The average Bonchev–Trinajstić information content (AvgIpc) is 3.16. The number of hydrogen-bond donors (Lipinski definition) is 1. The van der Waals surface area contributed by atoms with E-state index in [2.05, 4.69) is 5.32 Å². The fourth-order valence-electron chi connectivity index (χ4n) is 4.05. The highest BCUT2D eigenvalue weighted by Crippen LogP contribution is 2.45. The molecular weight excluding hydrogens is 364 g/mol. The highest BCUT2D eigenvalue weighted by atomic mass is 32.2. The monoisotopic (exact) mass is 390 g/mol. The first-order chi connectivity index (χ1) is 12.9. The van der Waals surface area contributed by atoms with Gasteiger partial charge in [-0.3, -0.25) is 0 Å². The van der Waals surface area contributed by atoms with E-state index in [1.807, 2.05) is 50.3 Å². The molecule has 1 aromatic carbocycles. The largest absolute Gasteiger partial charge is 0.454 e. The van der Waals surface area contributed by atoms with E-state index >= 15 is 0 Å². The Morgan fingerprint density at radius 3 is 2.63 bits per heavy atom. The maximum Gasteiger partial charge on any atom is 0.231 e. The molecule has 4 rings (SSSR count). The van der Waals surface area contributed by atoms with Gasteiger partial charge in [0.1, 0.15) is 4.75 Å². The Morgan fingerprint density at radius 1 is 1.19 bits per heavy atom. The van der Waals surface area contributed by atoms with Gasteiger partial charge in [0.25, 0.3) is 0 Å².